The molecule has 0 aliphatic rings. The molecule has 4 aromatic heterocycles. The molecule has 0 radical (unpaired) electrons. The summed E-state index contributed by atoms with van der Waals surface area (Å²) >= 11 is 0. The molecule has 21 aromatic rings. The van der Waals surface area contributed by atoms with Crippen LogP contribution in [0.25, 0.3) is 121 Å². The van der Waals surface area contributed by atoms with Gasteiger partial charge in [-0.2, -0.15) is 0 Å². The van der Waals surface area contributed by atoms with Gasteiger partial charge in [-0.3, -0.25) is 0 Å². The summed E-state index contributed by atoms with van der Waals surface area (Å²) in [7, 11) is 0. The minimum atomic E-state index is 0.814. The third kappa shape index (κ3) is 11.3. The van der Waals surface area contributed by atoms with Crippen LogP contribution in [0.4, 0.5) is 68.2 Å². The SMILES string of the molecule is c1ccc(-c2ccc(N(c3ccc4c(c3)oc3ccccc34)c3cccc4oc5c(N(c6ccccc6)c6ccccc6)cccc5c34)cc2)cc1.c1ccc(N(c2ccccc2)c2cccc3c2oc2cccc(N(c4ccc(-c5ccc6ccccc6c5)cc4)c4ccc5c(c4)oc4ccccc45)c23)cc1. The fourth-order valence-corrected chi connectivity index (χ4v) is 15.7. The average molecular weight is 1390 g/mol. The maximum Gasteiger partial charge on any atom is 0.159 e. The van der Waals surface area contributed by atoms with Gasteiger partial charge in [0.05, 0.1) is 33.5 Å². The fourth-order valence-electron chi connectivity index (χ4n) is 15.7. The number of furan rings is 4. The van der Waals surface area contributed by atoms with Gasteiger partial charge in [0, 0.05) is 89.9 Å². The predicted molar refractivity (Wildman–Crippen MR) is 449 cm³/mol. The van der Waals surface area contributed by atoms with E-state index in [4.69, 9.17) is 17.7 Å². The third-order valence-corrected chi connectivity index (χ3v) is 20.7. The van der Waals surface area contributed by atoms with Crippen molar-refractivity contribution in [2.45, 2.75) is 0 Å². The van der Waals surface area contributed by atoms with E-state index in [9.17, 15) is 0 Å². The Hall–Kier alpha value is -14.6. The van der Waals surface area contributed by atoms with Gasteiger partial charge in [0.2, 0.25) is 0 Å². The topological polar surface area (TPSA) is 65.5 Å². The zero-order chi connectivity index (χ0) is 71.4. The minimum absolute atomic E-state index is 0.814. The predicted octanol–water partition coefficient (Wildman–Crippen LogP) is 29.3. The van der Waals surface area contributed by atoms with Crippen LogP contribution < -0.4 is 19.6 Å². The van der Waals surface area contributed by atoms with E-state index in [0.717, 1.165) is 167 Å². The van der Waals surface area contributed by atoms with Crippen molar-refractivity contribution in [3.05, 3.63) is 400 Å². The van der Waals surface area contributed by atoms with Gasteiger partial charge in [-0.15, -0.1) is 0 Å². The molecule has 8 heteroatoms. The molecule has 0 N–H and O–H groups in total. The standard InChI is InChI=1S/C52H34N2O2.C48H32N2O2/c1-3-15-39(16-4-1)53(40-17-5-2-6-18-40)47-22-11-20-45-51-46(21-12-24-49(51)56-52(45)47)54(42-31-32-44-43-19-9-10-23-48(43)55-50(44)34-42)41-29-27-36(28-30-41)38-26-25-35-13-7-8-14-37(35)33-38;1-4-14-33(15-5-1)34-26-28-37(29-27-34)50(38-30-31-40-39-20-10-11-24-44(39)51-46(40)32-38)42-22-13-25-45-47(42)41-21-12-23-43(48(41)52-45)49(35-16-6-2-7-17-35)36-18-8-3-9-19-36/h1-34H;1-32H. The van der Waals surface area contributed by atoms with Crippen LogP contribution in [0.5, 0.6) is 0 Å². The smallest absolute Gasteiger partial charge is 0.159 e. The number of benzene rings is 17. The Balaban J connectivity index is 0.000000143. The number of fused-ring (bicyclic) bond motifs is 13. The lowest BCUT2D eigenvalue weighted by atomic mass is 10.0. The second-order valence-electron chi connectivity index (χ2n) is 27.1. The van der Waals surface area contributed by atoms with Gasteiger partial charge in [-0.25, -0.2) is 0 Å². The van der Waals surface area contributed by atoms with Crippen molar-refractivity contribution in [2.24, 2.45) is 0 Å². The second kappa shape index (κ2) is 26.9. The zero-order valence-electron chi connectivity index (χ0n) is 58.5. The highest BCUT2D eigenvalue weighted by Gasteiger charge is 2.27. The van der Waals surface area contributed by atoms with Crippen molar-refractivity contribution in [2.75, 3.05) is 19.6 Å². The first-order valence-electron chi connectivity index (χ1n) is 36.4. The van der Waals surface area contributed by atoms with E-state index in [2.05, 4.69) is 365 Å². The summed E-state index contributed by atoms with van der Waals surface area (Å²) in [5, 5.41) is 11.0. The van der Waals surface area contributed by atoms with E-state index >= 15 is 0 Å². The Morgan fingerprint density at radius 3 is 0.917 bits per heavy atom. The second-order valence-corrected chi connectivity index (χ2v) is 27.1. The number of rotatable bonds is 14. The minimum Gasteiger partial charge on any atom is -0.456 e. The Morgan fingerprint density at radius 2 is 0.463 bits per heavy atom. The van der Waals surface area contributed by atoms with Gasteiger partial charge in [0.1, 0.15) is 33.5 Å². The van der Waals surface area contributed by atoms with Crippen LogP contribution in [0.3, 0.4) is 0 Å². The average Bonchev–Trinajstić information content (AvgIpc) is 1.57. The maximum atomic E-state index is 6.91. The van der Waals surface area contributed by atoms with Crippen molar-refractivity contribution in [1.29, 1.82) is 0 Å². The van der Waals surface area contributed by atoms with Gasteiger partial charge < -0.3 is 37.3 Å². The van der Waals surface area contributed by atoms with Crippen LogP contribution in [0.1, 0.15) is 0 Å². The lowest BCUT2D eigenvalue weighted by Crippen LogP contribution is -2.10. The van der Waals surface area contributed by atoms with Gasteiger partial charge in [0.15, 0.2) is 11.2 Å². The van der Waals surface area contributed by atoms with Crippen LogP contribution in [0, 0.1) is 0 Å². The van der Waals surface area contributed by atoms with Crippen molar-refractivity contribution >= 4 is 167 Å². The number of nitrogens with zero attached hydrogens (tertiary/aromatic N) is 4. The highest BCUT2D eigenvalue weighted by molar-refractivity contribution is 6.19. The molecular weight excluding hydrogens is 1320 g/mol. The first-order chi connectivity index (χ1) is 53.6. The number of hydrogen-bond donors (Lipinski definition) is 0. The summed E-state index contributed by atoms with van der Waals surface area (Å²) < 4.78 is 26.6. The van der Waals surface area contributed by atoms with E-state index in [1.54, 1.807) is 0 Å². The van der Waals surface area contributed by atoms with Crippen molar-refractivity contribution in [3.63, 3.8) is 0 Å². The van der Waals surface area contributed by atoms with Gasteiger partial charge in [-0.1, -0.05) is 237 Å². The summed E-state index contributed by atoms with van der Waals surface area (Å²) in [5.74, 6) is 0. The van der Waals surface area contributed by atoms with Crippen LogP contribution in [-0.2, 0) is 0 Å². The third-order valence-electron chi connectivity index (χ3n) is 20.7. The first-order valence-corrected chi connectivity index (χ1v) is 36.4. The molecule has 17 aromatic carbocycles. The largest absolute Gasteiger partial charge is 0.456 e. The molecule has 0 spiro atoms. The van der Waals surface area contributed by atoms with Gasteiger partial charge in [-0.05, 0) is 185 Å². The molecule has 21 rings (SSSR count). The molecule has 0 saturated carbocycles. The molecule has 0 unspecified atom stereocenters. The normalized spacial score (nSPS) is 11.5. The molecular formula is C100H66N4O4. The van der Waals surface area contributed by atoms with Crippen LogP contribution in [0.15, 0.2) is 418 Å². The van der Waals surface area contributed by atoms with E-state index in [1.807, 2.05) is 54.6 Å². The van der Waals surface area contributed by atoms with E-state index in [-0.39, 0.29) is 0 Å². The first kappa shape index (κ1) is 63.1. The summed E-state index contributed by atoms with van der Waals surface area (Å²) in [6, 6.07) is 140. The molecule has 0 saturated heterocycles. The van der Waals surface area contributed by atoms with Crippen molar-refractivity contribution in [1.82, 2.24) is 0 Å². The molecule has 4 heterocycles. The lowest BCUT2D eigenvalue weighted by molar-refractivity contribution is 0.668. The quantitative estimate of drug-likeness (QED) is 0.107. The highest BCUT2D eigenvalue weighted by Crippen LogP contribution is 2.51. The summed E-state index contributed by atoms with van der Waals surface area (Å²) in [6.45, 7) is 0. The molecule has 0 fully saturated rings. The van der Waals surface area contributed by atoms with Gasteiger partial charge in [0.25, 0.3) is 0 Å². The van der Waals surface area contributed by atoms with E-state index in [0.29, 0.717) is 0 Å². The Morgan fingerprint density at radius 1 is 0.157 bits per heavy atom. The number of para-hydroxylation sites is 8. The monoisotopic (exact) mass is 1390 g/mol. The fraction of sp³-hybridized carbons (Fsp3) is 0. The Kier molecular flexibility index (Phi) is 15.7. The molecule has 0 aliphatic heterocycles. The van der Waals surface area contributed by atoms with Gasteiger partial charge >= 0.3 is 0 Å². The van der Waals surface area contributed by atoms with Crippen molar-refractivity contribution in [3.8, 4) is 22.3 Å². The summed E-state index contributed by atoms with van der Waals surface area (Å²) in [6.07, 6.45) is 0. The van der Waals surface area contributed by atoms with E-state index in [1.165, 1.54) is 21.9 Å². The molecule has 8 nitrogen and oxygen atoms in total. The molecule has 0 aliphatic carbocycles. The van der Waals surface area contributed by atoms with Crippen LogP contribution in [0.2, 0.25) is 0 Å². The van der Waals surface area contributed by atoms with Crippen LogP contribution in [-0.4, -0.2) is 0 Å². The van der Waals surface area contributed by atoms with Crippen molar-refractivity contribution < 1.29 is 17.7 Å². The summed E-state index contributed by atoms with van der Waals surface area (Å²) in [5.41, 5.74) is 23.6. The Bertz CT molecular complexity index is 6790. The number of hydrogen-bond acceptors (Lipinski definition) is 8. The van der Waals surface area contributed by atoms with E-state index < -0.39 is 0 Å². The molecule has 108 heavy (non-hydrogen) atoms. The Labute approximate surface area is 622 Å². The molecule has 0 atom stereocenters. The molecule has 510 valence electrons. The maximum absolute atomic E-state index is 6.91. The van der Waals surface area contributed by atoms with Crippen LogP contribution >= 0.6 is 0 Å². The highest BCUT2D eigenvalue weighted by atomic mass is 16.3. The molecule has 0 amide bonds. The summed E-state index contributed by atoms with van der Waals surface area (Å²) in [4.78, 5) is 9.17. The molecule has 0 bridgehead atoms. The number of anilines is 12. The zero-order valence-corrected chi connectivity index (χ0v) is 58.5. The lowest BCUT2D eigenvalue weighted by Gasteiger charge is -2.26.